The molecule has 2 aliphatic carbocycles. The Hall–Kier alpha value is -2.74. The van der Waals surface area contributed by atoms with Gasteiger partial charge in [-0.05, 0) is 68.9 Å². The third-order valence-corrected chi connectivity index (χ3v) is 9.30. The fourth-order valence-corrected chi connectivity index (χ4v) is 8.08. The number of nitrogens with zero attached hydrogens (tertiary/aromatic N) is 4. The van der Waals surface area contributed by atoms with Crippen LogP contribution >= 0.6 is 0 Å². The van der Waals surface area contributed by atoms with E-state index in [0.717, 1.165) is 30.2 Å². The molecule has 192 valence electrons. The lowest BCUT2D eigenvalue weighted by Gasteiger charge is -2.55. The highest BCUT2D eigenvalue weighted by Crippen LogP contribution is 2.47. The zero-order valence-electron chi connectivity index (χ0n) is 21.0. The highest BCUT2D eigenvalue weighted by molar-refractivity contribution is 6.41. The third kappa shape index (κ3) is 4.13. The summed E-state index contributed by atoms with van der Waals surface area (Å²) in [4.78, 5) is 37.8. The lowest BCUT2D eigenvalue weighted by molar-refractivity contribution is -0.129. The van der Waals surface area contributed by atoms with Crippen LogP contribution in [0.25, 0.3) is 11.0 Å². The second kappa shape index (κ2) is 9.61. The van der Waals surface area contributed by atoms with Crippen LogP contribution in [-0.2, 0) is 9.63 Å². The van der Waals surface area contributed by atoms with Gasteiger partial charge in [0.2, 0.25) is 5.71 Å². The SMILES string of the molecule is CON=C(C(=O)O)c1nc2ccccc2n(C2C[C@H]3CCC[C@@H](C2)N3C2C[C@H]3CCC[C@@H](C2)C3)c1=O. The van der Waals surface area contributed by atoms with Crippen molar-refractivity contribution in [2.24, 2.45) is 17.0 Å². The highest BCUT2D eigenvalue weighted by Gasteiger charge is 2.45. The number of hydrogen-bond donors (Lipinski definition) is 1. The summed E-state index contributed by atoms with van der Waals surface area (Å²) in [6.07, 6.45) is 13.7. The molecule has 2 aromatic rings. The number of carboxylic acid groups (broad SMARTS) is 1. The number of aromatic nitrogens is 2. The van der Waals surface area contributed by atoms with E-state index in [1.165, 1.54) is 64.9 Å². The lowest BCUT2D eigenvalue weighted by atomic mass is 9.68. The number of piperidine rings is 2. The predicted octanol–water partition coefficient (Wildman–Crippen LogP) is 4.36. The van der Waals surface area contributed by atoms with E-state index in [1.807, 2.05) is 28.8 Å². The van der Waals surface area contributed by atoms with Gasteiger partial charge in [0, 0.05) is 24.2 Å². The van der Waals surface area contributed by atoms with Gasteiger partial charge in [0.1, 0.15) is 7.11 Å². The standard InChI is InChI=1S/C28H36N4O4/c1-36-30-26(28(34)35)25-27(33)32(24-11-3-2-10-23(24)29-25)22-15-19-8-5-9-20(16-22)31(19)21-13-17-6-4-7-18(12-17)14-21/h2-3,10-11,17-22H,4-9,12-16H2,1H3,(H,34,35)/t17-,18+,19-,20+,21?,22?. The Balaban J connectivity index is 1.37. The quantitative estimate of drug-likeness (QED) is 0.492. The van der Waals surface area contributed by atoms with Gasteiger partial charge in [-0.2, -0.15) is 0 Å². The van der Waals surface area contributed by atoms with Crippen molar-refractivity contribution in [2.45, 2.75) is 94.8 Å². The van der Waals surface area contributed by atoms with E-state index in [1.54, 1.807) is 0 Å². The van der Waals surface area contributed by atoms with E-state index in [9.17, 15) is 14.7 Å². The number of benzene rings is 1. The minimum Gasteiger partial charge on any atom is -0.476 e. The summed E-state index contributed by atoms with van der Waals surface area (Å²) in [5.41, 5.74) is 0.363. The van der Waals surface area contributed by atoms with Crippen molar-refractivity contribution in [3.05, 3.63) is 40.3 Å². The second-order valence-corrected chi connectivity index (χ2v) is 11.4. The molecular weight excluding hydrogens is 456 g/mol. The Morgan fingerprint density at radius 3 is 2.28 bits per heavy atom. The van der Waals surface area contributed by atoms with Crippen molar-refractivity contribution in [2.75, 3.05) is 7.11 Å². The maximum atomic E-state index is 13.8. The fraction of sp³-hybridized carbons (Fsp3) is 0.643. The molecule has 0 amide bonds. The van der Waals surface area contributed by atoms with Crippen LogP contribution < -0.4 is 5.56 Å². The second-order valence-electron chi connectivity index (χ2n) is 11.4. The average Bonchev–Trinajstić information content (AvgIpc) is 2.86. The van der Waals surface area contributed by atoms with Crippen LogP contribution in [0.2, 0.25) is 0 Å². The summed E-state index contributed by atoms with van der Waals surface area (Å²) in [7, 11) is 1.28. The Labute approximate surface area is 211 Å². The first kappa shape index (κ1) is 23.6. The topological polar surface area (TPSA) is 97.0 Å². The molecule has 4 bridgehead atoms. The molecule has 4 aliphatic rings. The van der Waals surface area contributed by atoms with Gasteiger partial charge in [0.25, 0.3) is 5.56 Å². The molecule has 2 aliphatic heterocycles. The molecule has 0 spiro atoms. The molecule has 3 heterocycles. The van der Waals surface area contributed by atoms with Gasteiger partial charge in [-0.25, -0.2) is 9.78 Å². The van der Waals surface area contributed by atoms with Crippen LogP contribution in [0.3, 0.4) is 0 Å². The van der Waals surface area contributed by atoms with Crippen LogP contribution in [0.5, 0.6) is 0 Å². The lowest BCUT2D eigenvalue weighted by Crippen LogP contribution is -2.58. The molecule has 2 saturated carbocycles. The molecular formula is C28H36N4O4. The summed E-state index contributed by atoms with van der Waals surface area (Å²) in [6.45, 7) is 0. The molecule has 36 heavy (non-hydrogen) atoms. The average molecular weight is 493 g/mol. The van der Waals surface area contributed by atoms with Crippen molar-refractivity contribution in [3.8, 4) is 0 Å². The van der Waals surface area contributed by atoms with Crippen LogP contribution in [0.1, 0.15) is 82.4 Å². The number of para-hydroxylation sites is 2. The maximum Gasteiger partial charge on any atom is 0.360 e. The summed E-state index contributed by atoms with van der Waals surface area (Å²) >= 11 is 0. The Bertz CT molecular complexity index is 1210. The van der Waals surface area contributed by atoms with Crippen molar-refractivity contribution in [3.63, 3.8) is 0 Å². The first-order valence-electron chi connectivity index (χ1n) is 13.7. The molecule has 8 nitrogen and oxygen atoms in total. The first-order chi connectivity index (χ1) is 17.5. The van der Waals surface area contributed by atoms with Gasteiger partial charge in [-0.15, -0.1) is 0 Å². The normalized spacial score (nSPS) is 32.9. The summed E-state index contributed by atoms with van der Waals surface area (Å²) < 4.78 is 1.82. The number of oxime groups is 1. The van der Waals surface area contributed by atoms with E-state index in [4.69, 9.17) is 4.84 Å². The number of aliphatic carboxylic acids is 1. The smallest absolute Gasteiger partial charge is 0.360 e. The van der Waals surface area contributed by atoms with Crippen LogP contribution in [0.15, 0.2) is 34.2 Å². The third-order valence-electron chi connectivity index (χ3n) is 9.30. The molecule has 8 heteroatoms. The first-order valence-corrected chi connectivity index (χ1v) is 13.7. The van der Waals surface area contributed by atoms with Crippen molar-refractivity contribution >= 4 is 22.7 Å². The largest absolute Gasteiger partial charge is 0.476 e. The maximum absolute atomic E-state index is 13.8. The molecule has 6 atom stereocenters. The van der Waals surface area contributed by atoms with E-state index in [-0.39, 0.29) is 11.7 Å². The summed E-state index contributed by atoms with van der Waals surface area (Å²) in [6, 6.07) is 9.16. The van der Waals surface area contributed by atoms with Gasteiger partial charge < -0.3 is 14.5 Å². The van der Waals surface area contributed by atoms with Crippen molar-refractivity contribution < 1.29 is 14.7 Å². The van der Waals surface area contributed by atoms with Gasteiger partial charge in [0.05, 0.1) is 11.0 Å². The van der Waals surface area contributed by atoms with E-state index in [0.29, 0.717) is 23.6 Å². The molecule has 1 aromatic heterocycles. The number of rotatable bonds is 5. The number of carbonyl (C=O) groups is 1. The molecule has 2 unspecified atom stereocenters. The summed E-state index contributed by atoms with van der Waals surface area (Å²) in [5, 5.41) is 13.4. The number of carboxylic acids is 1. The number of fused-ring (bicyclic) bond motifs is 5. The molecule has 6 rings (SSSR count). The van der Waals surface area contributed by atoms with Crippen LogP contribution in [0, 0.1) is 11.8 Å². The monoisotopic (exact) mass is 492 g/mol. The minimum absolute atomic E-state index is 0.0105. The van der Waals surface area contributed by atoms with E-state index >= 15 is 0 Å². The highest BCUT2D eigenvalue weighted by atomic mass is 16.6. The van der Waals surface area contributed by atoms with Gasteiger partial charge in [-0.1, -0.05) is 43.0 Å². The van der Waals surface area contributed by atoms with Crippen LogP contribution in [-0.4, -0.2) is 56.5 Å². The van der Waals surface area contributed by atoms with E-state index in [2.05, 4.69) is 15.0 Å². The van der Waals surface area contributed by atoms with Crippen molar-refractivity contribution in [1.82, 2.24) is 14.5 Å². The van der Waals surface area contributed by atoms with Crippen molar-refractivity contribution in [1.29, 1.82) is 0 Å². The Kier molecular flexibility index (Phi) is 6.32. The molecule has 1 N–H and O–H groups in total. The number of hydrogen-bond acceptors (Lipinski definition) is 6. The zero-order valence-corrected chi connectivity index (χ0v) is 21.0. The molecule has 0 radical (unpaired) electrons. The van der Waals surface area contributed by atoms with Gasteiger partial charge >= 0.3 is 5.97 Å². The molecule has 4 fully saturated rings. The Morgan fingerprint density at radius 2 is 1.61 bits per heavy atom. The fourth-order valence-electron chi connectivity index (χ4n) is 8.08. The van der Waals surface area contributed by atoms with Gasteiger partial charge in [0.15, 0.2) is 5.69 Å². The molecule has 2 saturated heterocycles. The molecule has 1 aromatic carbocycles. The minimum atomic E-state index is -1.32. The summed E-state index contributed by atoms with van der Waals surface area (Å²) in [5.74, 6) is 0.465. The Morgan fingerprint density at radius 1 is 0.944 bits per heavy atom. The van der Waals surface area contributed by atoms with Crippen LogP contribution in [0.4, 0.5) is 0 Å². The van der Waals surface area contributed by atoms with Gasteiger partial charge in [-0.3, -0.25) is 9.69 Å². The van der Waals surface area contributed by atoms with E-state index < -0.39 is 17.2 Å². The predicted molar refractivity (Wildman–Crippen MR) is 137 cm³/mol. The zero-order chi connectivity index (χ0) is 24.8.